The summed E-state index contributed by atoms with van der Waals surface area (Å²) in [5.74, 6) is 0.0998. The Bertz CT molecular complexity index is 432. The summed E-state index contributed by atoms with van der Waals surface area (Å²) in [7, 11) is 0. The van der Waals surface area contributed by atoms with Crippen LogP contribution in [0.3, 0.4) is 0 Å². The van der Waals surface area contributed by atoms with E-state index in [9.17, 15) is 4.79 Å². The number of fused-ring (bicyclic) bond motifs is 1. The number of rotatable bonds is 5. The van der Waals surface area contributed by atoms with Crippen molar-refractivity contribution in [3.63, 3.8) is 0 Å². The lowest BCUT2D eigenvalue weighted by Gasteiger charge is -2.18. The SMILES string of the molecule is CCCOCCC(=O)N1CCc2cccc(N)c21. The fraction of sp³-hybridized carbons (Fsp3) is 0.500. The first kappa shape index (κ1) is 12.9. The summed E-state index contributed by atoms with van der Waals surface area (Å²) in [6.07, 6.45) is 2.30. The van der Waals surface area contributed by atoms with Crippen LogP contribution in [0, 0.1) is 0 Å². The Morgan fingerprint density at radius 2 is 2.28 bits per heavy atom. The Morgan fingerprint density at radius 1 is 1.44 bits per heavy atom. The molecule has 2 N–H and O–H groups in total. The topological polar surface area (TPSA) is 55.6 Å². The van der Waals surface area contributed by atoms with Crippen LogP contribution >= 0.6 is 0 Å². The number of nitrogen functional groups attached to an aromatic ring is 1. The number of benzene rings is 1. The van der Waals surface area contributed by atoms with Gasteiger partial charge in [0.2, 0.25) is 5.91 Å². The fourth-order valence-electron chi connectivity index (χ4n) is 2.28. The van der Waals surface area contributed by atoms with Crippen molar-refractivity contribution in [2.45, 2.75) is 26.2 Å². The summed E-state index contributed by atoms with van der Waals surface area (Å²) < 4.78 is 5.35. The summed E-state index contributed by atoms with van der Waals surface area (Å²) in [4.78, 5) is 13.9. The van der Waals surface area contributed by atoms with Crippen LogP contribution in [-0.2, 0) is 16.0 Å². The quantitative estimate of drug-likeness (QED) is 0.640. The van der Waals surface area contributed by atoms with Gasteiger partial charge in [-0.1, -0.05) is 19.1 Å². The van der Waals surface area contributed by atoms with E-state index in [0.717, 1.165) is 30.6 Å². The fourth-order valence-corrected chi connectivity index (χ4v) is 2.28. The van der Waals surface area contributed by atoms with Gasteiger partial charge in [-0.2, -0.15) is 0 Å². The summed E-state index contributed by atoms with van der Waals surface area (Å²) in [6.45, 7) is 3.99. The van der Waals surface area contributed by atoms with Crippen LogP contribution in [0.4, 0.5) is 11.4 Å². The molecule has 4 heteroatoms. The van der Waals surface area contributed by atoms with Crippen LogP contribution in [-0.4, -0.2) is 25.7 Å². The number of nitrogens with zero attached hydrogens (tertiary/aromatic N) is 1. The minimum Gasteiger partial charge on any atom is -0.397 e. The highest BCUT2D eigenvalue weighted by molar-refractivity contribution is 5.98. The predicted molar refractivity (Wildman–Crippen MR) is 72.6 cm³/mol. The van der Waals surface area contributed by atoms with Gasteiger partial charge in [-0.25, -0.2) is 0 Å². The number of carbonyl (C=O) groups excluding carboxylic acids is 1. The molecule has 2 rings (SSSR count). The zero-order valence-corrected chi connectivity index (χ0v) is 10.8. The first-order chi connectivity index (χ1) is 8.74. The third kappa shape index (κ3) is 2.64. The second-order valence-electron chi connectivity index (χ2n) is 4.51. The maximum Gasteiger partial charge on any atom is 0.229 e. The Hall–Kier alpha value is -1.55. The third-order valence-corrected chi connectivity index (χ3v) is 3.14. The highest BCUT2D eigenvalue weighted by Gasteiger charge is 2.25. The lowest BCUT2D eigenvalue weighted by molar-refractivity contribution is -0.119. The van der Waals surface area contributed by atoms with E-state index in [2.05, 4.69) is 6.92 Å². The normalized spacial score (nSPS) is 13.7. The summed E-state index contributed by atoms with van der Waals surface area (Å²) in [5.41, 5.74) is 8.70. The largest absolute Gasteiger partial charge is 0.397 e. The molecule has 4 nitrogen and oxygen atoms in total. The van der Waals surface area contributed by atoms with Crippen molar-refractivity contribution in [2.75, 3.05) is 30.4 Å². The number of anilines is 2. The van der Waals surface area contributed by atoms with Gasteiger partial charge in [0.25, 0.3) is 0 Å². The van der Waals surface area contributed by atoms with E-state index in [1.165, 1.54) is 0 Å². The van der Waals surface area contributed by atoms with Crippen molar-refractivity contribution in [3.8, 4) is 0 Å². The molecule has 18 heavy (non-hydrogen) atoms. The van der Waals surface area contributed by atoms with Gasteiger partial charge in [0.05, 0.1) is 24.4 Å². The molecule has 0 aliphatic carbocycles. The van der Waals surface area contributed by atoms with Gasteiger partial charge in [0.15, 0.2) is 0 Å². The lowest BCUT2D eigenvalue weighted by Crippen LogP contribution is -2.30. The smallest absolute Gasteiger partial charge is 0.229 e. The first-order valence-electron chi connectivity index (χ1n) is 6.49. The van der Waals surface area contributed by atoms with E-state index in [1.807, 2.05) is 18.2 Å². The Kier molecular flexibility index (Phi) is 4.20. The van der Waals surface area contributed by atoms with E-state index >= 15 is 0 Å². The van der Waals surface area contributed by atoms with E-state index in [0.29, 0.717) is 25.3 Å². The highest BCUT2D eigenvalue weighted by atomic mass is 16.5. The van der Waals surface area contributed by atoms with Gasteiger partial charge >= 0.3 is 0 Å². The molecule has 0 unspecified atom stereocenters. The van der Waals surface area contributed by atoms with Crippen LogP contribution in [0.2, 0.25) is 0 Å². The van der Waals surface area contributed by atoms with Crippen LogP contribution in [0.25, 0.3) is 0 Å². The maximum absolute atomic E-state index is 12.1. The van der Waals surface area contributed by atoms with E-state index in [-0.39, 0.29) is 5.91 Å². The molecule has 0 atom stereocenters. The maximum atomic E-state index is 12.1. The van der Waals surface area contributed by atoms with E-state index in [1.54, 1.807) is 4.90 Å². The first-order valence-corrected chi connectivity index (χ1v) is 6.49. The monoisotopic (exact) mass is 248 g/mol. The molecule has 1 aromatic carbocycles. The minimum atomic E-state index is 0.0998. The van der Waals surface area contributed by atoms with Crippen molar-refractivity contribution >= 4 is 17.3 Å². The summed E-state index contributed by atoms with van der Waals surface area (Å²) in [5, 5.41) is 0. The standard InChI is InChI=1S/C14H20N2O2/c1-2-9-18-10-7-13(17)16-8-6-11-4-3-5-12(15)14(11)16/h3-5H,2,6-10,15H2,1H3. The summed E-state index contributed by atoms with van der Waals surface area (Å²) >= 11 is 0. The molecule has 98 valence electrons. The molecule has 1 aliphatic rings. The van der Waals surface area contributed by atoms with Crippen LogP contribution in [0.1, 0.15) is 25.3 Å². The molecule has 1 aromatic rings. The number of ether oxygens (including phenoxy) is 1. The Morgan fingerprint density at radius 3 is 3.06 bits per heavy atom. The lowest BCUT2D eigenvalue weighted by atomic mass is 10.1. The molecule has 0 spiro atoms. The Labute approximate surface area is 108 Å². The minimum absolute atomic E-state index is 0.0998. The van der Waals surface area contributed by atoms with Gasteiger partial charge in [0, 0.05) is 13.2 Å². The van der Waals surface area contributed by atoms with Gasteiger partial charge in [-0.15, -0.1) is 0 Å². The molecule has 1 amide bonds. The van der Waals surface area contributed by atoms with E-state index < -0.39 is 0 Å². The second-order valence-corrected chi connectivity index (χ2v) is 4.51. The molecule has 0 fully saturated rings. The number of amides is 1. The molecule has 0 saturated carbocycles. The summed E-state index contributed by atoms with van der Waals surface area (Å²) in [6, 6.07) is 5.82. The molecule has 0 radical (unpaired) electrons. The van der Waals surface area contributed by atoms with Gasteiger partial charge < -0.3 is 15.4 Å². The van der Waals surface area contributed by atoms with Crippen molar-refractivity contribution in [1.82, 2.24) is 0 Å². The number of hydrogen-bond acceptors (Lipinski definition) is 3. The van der Waals surface area contributed by atoms with Crippen LogP contribution < -0.4 is 10.6 Å². The third-order valence-electron chi connectivity index (χ3n) is 3.14. The van der Waals surface area contributed by atoms with Crippen molar-refractivity contribution < 1.29 is 9.53 Å². The van der Waals surface area contributed by atoms with Gasteiger partial charge in [-0.05, 0) is 24.5 Å². The van der Waals surface area contributed by atoms with Crippen LogP contribution in [0.5, 0.6) is 0 Å². The molecule has 0 aromatic heterocycles. The number of hydrogen-bond donors (Lipinski definition) is 1. The van der Waals surface area contributed by atoms with E-state index in [4.69, 9.17) is 10.5 Å². The number of para-hydroxylation sites is 1. The molecule has 1 heterocycles. The van der Waals surface area contributed by atoms with Crippen molar-refractivity contribution in [3.05, 3.63) is 23.8 Å². The van der Waals surface area contributed by atoms with Gasteiger partial charge in [-0.3, -0.25) is 4.79 Å². The average molecular weight is 248 g/mol. The molecule has 1 aliphatic heterocycles. The molecule has 0 bridgehead atoms. The highest BCUT2D eigenvalue weighted by Crippen LogP contribution is 2.33. The molecular weight excluding hydrogens is 228 g/mol. The zero-order valence-electron chi connectivity index (χ0n) is 10.8. The molecular formula is C14H20N2O2. The van der Waals surface area contributed by atoms with Crippen molar-refractivity contribution in [1.29, 1.82) is 0 Å². The number of carbonyl (C=O) groups is 1. The second kappa shape index (κ2) is 5.87. The zero-order chi connectivity index (χ0) is 13.0. The predicted octanol–water partition coefficient (Wildman–Crippen LogP) is 1.97. The van der Waals surface area contributed by atoms with Crippen LogP contribution in [0.15, 0.2) is 18.2 Å². The van der Waals surface area contributed by atoms with Gasteiger partial charge in [0.1, 0.15) is 0 Å². The Balaban J connectivity index is 1.98. The number of nitrogens with two attached hydrogens (primary N) is 1. The average Bonchev–Trinajstić information content (AvgIpc) is 2.80. The van der Waals surface area contributed by atoms with Crippen molar-refractivity contribution in [2.24, 2.45) is 0 Å². The molecule has 0 saturated heterocycles.